The summed E-state index contributed by atoms with van der Waals surface area (Å²) < 4.78 is 0. The van der Waals surface area contributed by atoms with Gasteiger partial charge < -0.3 is 20.5 Å². The molecule has 0 saturated heterocycles. The number of carboxylic acid groups (broad SMARTS) is 1. The molecule has 3 aromatic rings. The number of hydrogen-bond acceptors (Lipinski definition) is 5. The summed E-state index contributed by atoms with van der Waals surface area (Å²) in [5, 5.41) is 22.3. The second-order valence-electron chi connectivity index (χ2n) is 7.39. The number of aromatic amines is 1. The average Bonchev–Trinajstić information content (AvgIpc) is 2.84. The summed E-state index contributed by atoms with van der Waals surface area (Å²) in [5.74, 6) is 9.86. The third kappa shape index (κ3) is 6.70. The Kier molecular flexibility index (Phi) is 8.40. The largest absolute Gasteiger partial charge is 0.502 e. The van der Waals surface area contributed by atoms with Gasteiger partial charge in [0.2, 0.25) is 5.75 Å². The Hall–Kier alpha value is -4.59. The van der Waals surface area contributed by atoms with Gasteiger partial charge >= 0.3 is 5.97 Å². The summed E-state index contributed by atoms with van der Waals surface area (Å²) in [6.07, 6.45) is 3.59. The number of rotatable bonds is 8. The normalized spacial score (nSPS) is 10.8. The number of carboxylic acids is 1. The second-order valence-corrected chi connectivity index (χ2v) is 7.39. The van der Waals surface area contributed by atoms with Crippen molar-refractivity contribution in [3.8, 4) is 29.4 Å². The zero-order chi connectivity index (χ0) is 24.3. The van der Waals surface area contributed by atoms with Crippen molar-refractivity contribution in [2.24, 2.45) is 0 Å². The Labute approximate surface area is 197 Å². The van der Waals surface area contributed by atoms with Gasteiger partial charge in [-0.1, -0.05) is 30.0 Å². The van der Waals surface area contributed by atoms with E-state index in [-0.39, 0.29) is 17.2 Å². The van der Waals surface area contributed by atoms with Crippen LogP contribution in [0.3, 0.4) is 0 Å². The van der Waals surface area contributed by atoms with Crippen LogP contribution in [0.2, 0.25) is 0 Å². The summed E-state index contributed by atoms with van der Waals surface area (Å²) in [5.41, 5.74) is 2.46. The monoisotopic (exact) mass is 453 g/mol. The molecule has 1 aromatic heterocycles. The fourth-order valence-electron chi connectivity index (χ4n) is 3.24. The zero-order valence-electron chi connectivity index (χ0n) is 18.3. The van der Waals surface area contributed by atoms with Crippen molar-refractivity contribution < 1.29 is 15.0 Å². The van der Waals surface area contributed by atoms with Gasteiger partial charge in [-0.2, -0.15) is 0 Å². The molecule has 1 atom stereocenters. The summed E-state index contributed by atoms with van der Waals surface area (Å²) in [6, 6.07) is 13.9. The lowest BCUT2D eigenvalue weighted by Crippen LogP contribution is -2.25. The molecule has 0 radical (unpaired) electrons. The number of nitrogens with one attached hydrogen (secondary N) is 2. The van der Waals surface area contributed by atoms with Gasteiger partial charge in [0, 0.05) is 30.1 Å². The number of aromatic carboxylic acids is 1. The standard InChI is InChI=1S/C27H23N3O4/c1-2-15-28-17-23(24-25(31)26(32)30-18-29-24)16-21-9-7-19(8-10-21)5-3-4-6-20-11-13-22(14-12-20)27(33)34/h2,7-14,18,23,28,31H,1,15-17H2,(H,33,34)(H,29,30,32). The lowest BCUT2D eigenvalue weighted by molar-refractivity contribution is 0.0697. The van der Waals surface area contributed by atoms with Crippen molar-refractivity contribution in [2.45, 2.75) is 12.3 Å². The van der Waals surface area contributed by atoms with Crippen molar-refractivity contribution >= 4 is 5.97 Å². The number of H-pyrrole nitrogens is 1. The maximum Gasteiger partial charge on any atom is 0.335 e. The van der Waals surface area contributed by atoms with Crippen LogP contribution in [-0.4, -0.2) is 39.2 Å². The molecule has 0 spiro atoms. The highest BCUT2D eigenvalue weighted by Crippen LogP contribution is 2.23. The minimum absolute atomic E-state index is 0.209. The van der Waals surface area contributed by atoms with E-state index in [0.29, 0.717) is 30.8 Å². The molecule has 0 aliphatic rings. The zero-order valence-corrected chi connectivity index (χ0v) is 18.3. The fraction of sp³-hybridized carbons (Fsp3) is 0.148. The van der Waals surface area contributed by atoms with Crippen molar-refractivity contribution in [3.05, 3.63) is 106 Å². The Morgan fingerprint density at radius 1 is 1.09 bits per heavy atom. The summed E-state index contributed by atoms with van der Waals surface area (Å²) in [7, 11) is 0. The summed E-state index contributed by atoms with van der Waals surface area (Å²) >= 11 is 0. The van der Waals surface area contributed by atoms with Crippen LogP contribution in [0, 0.1) is 23.7 Å². The highest BCUT2D eigenvalue weighted by molar-refractivity contribution is 5.87. The molecule has 0 aliphatic heterocycles. The predicted molar refractivity (Wildman–Crippen MR) is 130 cm³/mol. The molecule has 3 rings (SSSR count). The van der Waals surface area contributed by atoms with Crippen molar-refractivity contribution in [1.82, 2.24) is 15.3 Å². The maximum absolute atomic E-state index is 11.8. The molecule has 2 aromatic carbocycles. The van der Waals surface area contributed by atoms with E-state index in [0.717, 1.165) is 11.1 Å². The van der Waals surface area contributed by atoms with Crippen LogP contribution in [0.5, 0.6) is 5.75 Å². The maximum atomic E-state index is 11.8. The first kappa shape index (κ1) is 24.1. The van der Waals surface area contributed by atoms with E-state index < -0.39 is 11.5 Å². The molecular weight excluding hydrogens is 430 g/mol. The molecule has 1 unspecified atom stereocenters. The highest BCUT2D eigenvalue weighted by atomic mass is 16.4. The highest BCUT2D eigenvalue weighted by Gasteiger charge is 2.19. The third-order valence-electron chi connectivity index (χ3n) is 4.97. The molecule has 1 heterocycles. The number of aromatic hydroxyl groups is 1. The van der Waals surface area contributed by atoms with Crippen LogP contribution >= 0.6 is 0 Å². The molecule has 170 valence electrons. The molecule has 7 heteroatoms. The minimum Gasteiger partial charge on any atom is -0.502 e. The van der Waals surface area contributed by atoms with E-state index >= 15 is 0 Å². The molecule has 0 aliphatic carbocycles. The van der Waals surface area contributed by atoms with E-state index in [1.54, 1.807) is 18.2 Å². The molecule has 0 saturated carbocycles. The number of hydrogen-bond donors (Lipinski definition) is 4. The lowest BCUT2D eigenvalue weighted by Gasteiger charge is -2.17. The van der Waals surface area contributed by atoms with Crippen LogP contribution in [0.15, 0.2) is 72.3 Å². The van der Waals surface area contributed by atoms with E-state index in [1.165, 1.54) is 18.5 Å². The van der Waals surface area contributed by atoms with E-state index in [2.05, 4.69) is 45.5 Å². The molecular formula is C27H23N3O4. The lowest BCUT2D eigenvalue weighted by atomic mass is 9.94. The number of aromatic nitrogens is 2. The van der Waals surface area contributed by atoms with Crippen LogP contribution < -0.4 is 10.9 Å². The molecule has 34 heavy (non-hydrogen) atoms. The summed E-state index contributed by atoms with van der Waals surface area (Å²) in [4.78, 5) is 29.2. The van der Waals surface area contributed by atoms with Gasteiger partial charge in [0.05, 0.1) is 17.6 Å². The first-order valence-electron chi connectivity index (χ1n) is 10.5. The fourth-order valence-corrected chi connectivity index (χ4v) is 3.24. The first-order chi connectivity index (χ1) is 16.5. The Balaban J connectivity index is 1.69. The molecule has 4 N–H and O–H groups in total. The van der Waals surface area contributed by atoms with Crippen LogP contribution in [0.1, 0.15) is 38.7 Å². The molecule has 0 bridgehead atoms. The number of carbonyl (C=O) groups is 1. The minimum atomic E-state index is -0.979. The van der Waals surface area contributed by atoms with Gasteiger partial charge in [0.25, 0.3) is 5.56 Å². The topological polar surface area (TPSA) is 115 Å². The SMILES string of the molecule is C=CCNCC(Cc1ccc(C#CC#Cc2ccc(C(=O)O)cc2)cc1)c1nc[nH]c(=O)c1O. The van der Waals surface area contributed by atoms with Gasteiger partial charge in [0.15, 0.2) is 0 Å². The van der Waals surface area contributed by atoms with Crippen molar-refractivity contribution in [3.63, 3.8) is 0 Å². The van der Waals surface area contributed by atoms with E-state index in [4.69, 9.17) is 5.11 Å². The average molecular weight is 453 g/mol. The van der Waals surface area contributed by atoms with Gasteiger partial charge in [-0.15, -0.1) is 6.58 Å². The second kappa shape index (κ2) is 11.9. The summed E-state index contributed by atoms with van der Waals surface area (Å²) in [6.45, 7) is 4.80. The molecule has 7 nitrogen and oxygen atoms in total. The van der Waals surface area contributed by atoms with E-state index in [9.17, 15) is 14.7 Å². The quantitative estimate of drug-likeness (QED) is 0.237. The van der Waals surface area contributed by atoms with Crippen LogP contribution in [0.4, 0.5) is 0 Å². The number of nitrogens with zero attached hydrogens (tertiary/aromatic N) is 1. The van der Waals surface area contributed by atoms with Crippen molar-refractivity contribution in [1.29, 1.82) is 0 Å². The van der Waals surface area contributed by atoms with E-state index in [1.807, 2.05) is 24.3 Å². The van der Waals surface area contributed by atoms with Gasteiger partial charge in [0.1, 0.15) is 0 Å². The number of benzene rings is 2. The third-order valence-corrected chi connectivity index (χ3v) is 4.97. The Morgan fingerprint density at radius 3 is 2.29 bits per heavy atom. The van der Waals surface area contributed by atoms with Crippen LogP contribution in [-0.2, 0) is 6.42 Å². The molecule has 0 fully saturated rings. The first-order valence-corrected chi connectivity index (χ1v) is 10.5. The Morgan fingerprint density at radius 2 is 1.71 bits per heavy atom. The van der Waals surface area contributed by atoms with Crippen molar-refractivity contribution in [2.75, 3.05) is 13.1 Å². The Bertz CT molecular complexity index is 1340. The van der Waals surface area contributed by atoms with Gasteiger partial charge in [-0.25, -0.2) is 9.78 Å². The predicted octanol–water partition coefficient (Wildman–Crippen LogP) is 2.68. The van der Waals surface area contributed by atoms with Crippen LogP contribution in [0.25, 0.3) is 0 Å². The molecule has 0 amide bonds. The smallest absolute Gasteiger partial charge is 0.335 e. The van der Waals surface area contributed by atoms with Gasteiger partial charge in [-0.3, -0.25) is 4.79 Å². The van der Waals surface area contributed by atoms with Gasteiger partial charge in [-0.05, 0) is 60.2 Å².